The number of ether oxygens (including phenoxy) is 1. The Morgan fingerprint density at radius 1 is 1.26 bits per heavy atom. The van der Waals surface area contributed by atoms with Gasteiger partial charge < -0.3 is 15.0 Å². The number of aryl methyl sites for hydroxylation is 4. The molecule has 0 atom stereocenters. The predicted octanol–water partition coefficient (Wildman–Crippen LogP) is 2.86. The average molecular weight is 259 g/mol. The van der Waals surface area contributed by atoms with Crippen LogP contribution in [0, 0.1) is 13.8 Å². The van der Waals surface area contributed by atoms with Gasteiger partial charge in [-0.3, -0.25) is 0 Å². The molecule has 0 saturated heterocycles. The van der Waals surface area contributed by atoms with Gasteiger partial charge in [-0.15, -0.1) is 0 Å². The molecule has 4 heteroatoms. The Morgan fingerprint density at radius 3 is 2.68 bits per heavy atom. The standard InChI is InChI=1S/C15H21N3O/c1-10-5-8-14(19-4)12(9-10)6-7-13-11(2)17-15(16-3)18-13/h5,8-9H,6-7H2,1-4H3,(H2,16,17,18). The Hall–Kier alpha value is -1.97. The third-order valence-electron chi connectivity index (χ3n) is 3.29. The molecule has 1 aromatic carbocycles. The fourth-order valence-corrected chi connectivity index (χ4v) is 2.21. The largest absolute Gasteiger partial charge is 0.496 e. The van der Waals surface area contributed by atoms with E-state index in [4.69, 9.17) is 4.74 Å². The van der Waals surface area contributed by atoms with Crippen LogP contribution in [-0.2, 0) is 12.8 Å². The van der Waals surface area contributed by atoms with Crippen molar-refractivity contribution in [2.45, 2.75) is 26.7 Å². The number of hydrogen-bond donors (Lipinski definition) is 2. The van der Waals surface area contributed by atoms with Crippen LogP contribution in [0.1, 0.15) is 22.5 Å². The van der Waals surface area contributed by atoms with E-state index in [1.165, 1.54) is 11.1 Å². The zero-order valence-electron chi connectivity index (χ0n) is 12.0. The molecule has 1 aromatic heterocycles. The second kappa shape index (κ2) is 5.78. The van der Waals surface area contributed by atoms with Gasteiger partial charge in [0.2, 0.25) is 0 Å². The van der Waals surface area contributed by atoms with E-state index in [1.54, 1.807) is 7.11 Å². The molecule has 0 aliphatic carbocycles. The molecule has 0 unspecified atom stereocenters. The van der Waals surface area contributed by atoms with Crippen molar-refractivity contribution in [1.82, 2.24) is 9.97 Å². The minimum Gasteiger partial charge on any atom is -0.496 e. The summed E-state index contributed by atoms with van der Waals surface area (Å²) in [5.74, 6) is 1.77. The number of nitrogens with zero attached hydrogens (tertiary/aromatic N) is 1. The van der Waals surface area contributed by atoms with Crippen molar-refractivity contribution in [3.8, 4) is 5.75 Å². The molecule has 0 spiro atoms. The summed E-state index contributed by atoms with van der Waals surface area (Å²) >= 11 is 0. The zero-order valence-corrected chi connectivity index (χ0v) is 12.0. The highest BCUT2D eigenvalue weighted by Crippen LogP contribution is 2.22. The number of benzene rings is 1. The molecular formula is C15H21N3O. The number of H-pyrrole nitrogens is 1. The highest BCUT2D eigenvalue weighted by Gasteiger charge is 2.08. The molecule has 0 aliphatic rings. The Balaban J connectivity index is 2.13. The van der Waals surface area contributed by atoms with Gasteiger partial charge >= 0.3 is 0 Å². The molecule has 4 nitrogen and oxygen atoms in total. The molecule has 0 radical (unpaired) electrons. The molecule has 0 fully saturated rings. The van der Waals surface area contributed by atoms with Crippen LogP contribution in [0.15, 0.2) is 18.2 Å². The molecule has 2 aromatic rings. The molecule has 19 heavy (non-hydrogen) atoms. The van der Waals surface area contributed by atoms with Gasteiger partial charge in [0.15, 0.2) is 5.95 Å². The highest BCUT2D eigenvalue weighted by molar-refractivity contribution is 5.38. The Morgan fingerprint density at radius 2 is 2.05 bits per heavy atom. The Kier molecular flexibility index (Phi) is 4.10. The SMILES string of the molecule is CNc1nc(CCc2cc(C)ccc2OC)c(C)[nH]1. The first kappa shape index (κ1) is 13.5. The lowest BCUT2D eigenvalue weighted by Gasteiger charge is -2.09. The summed E-state index contributed by atoms with van der Waals surface area (Å²) in [7, 11) is 3.58. The summed E-state index contributed by atoms with van der Waals surface area (Å²) in [6, 6.07) is 6.28. The van der Waals surface area contributed by atoms with Gasteiger partial charge in [0.1, 0.15) is 5.75 Å². The average Bonchev–Trinajstić information content (AvgIpc) is 2.77. The normalized spacial score (nSPS) is 10.5. The first-order valence-corrected chi connectivity index (χ1v) is 6.50. The second-order valence-corrected chi connectivity index (χ2v) is 4.72. The first-order chi connectivity index (χ1) is 9.13. The third kappa shape index (κ3) is 3.08. The zero-order chi connectivity index (χ0) is 13.8. The Labute approximate surface area is 114 Å². The quantitative estimate of drug-likeness (QED) is 0.868. The van der Waals surface area contributed by atoms with Gasteiger partial charge in [0.25, 0.3) is 0 Å². The summed E-state index contributed by atoms with van der Waals surface area (Å²) < 4.78 is 5.40. The topological polar surface area (TPSA) is 49.9 Å². The van der Waals surface area contributed by atoms with E-state index < -0.39 is 0 Å². The predicted molar refractivity (Wildman–Crippen MR) is 78.0 cm³/mol. The van der Waals surface area contributed by atoms with Gasteiger partial charge in [0.05, 0.1) is 12.8 Å². The maximum absolute atomic E-state index is 5.40. The summed E-state index contributed by atoms with van der Waals surface area (Å²) in [4.78, 5) is 7.73. The molecular weight excluding hydrogens is 238 g/mol. The highest BCUT2D eigenvalue weighted by atomic mass is 16.5. The first-order valence-electron chi connectivity index (χ1n) is 6.50. The van der Waals surface area contributed by atoms with E-state index in [0.29, 0.717) is 0 Å². The Bertz CT molecular complexity index is 561. The number of aromatic amines is 1. The molecule has 0 saturated carbocycles. The van der Waals surface area contributed by atoms with E-state index in [1.807, 2.05) is 13.1 Å². The van der Waals surface area contributed by atoms with Crippen molar-refractivity contribution in [1.29, 1.82) is 0 Å². The van der Waals surface area contributed by atoms with Crippen molar-refractivity contribution in [3.63, 3.8) is 0 Å². The fraction of sp³-hybridized carbons (Fsp3) is 0.400. The number of hydrogen-bond acceptors (Lipinski definition) is 3. The second-order valence-electron chi connectivity index (χ2n) is 4.72. The molecule has 0 amide bonds. The van der Waals surface area contributed by atoms with Crippen molar-refractivity contribution in [3.05, 3.63) is 40.7 Å². The van der Waals surface area contributed by atoms with Crippen molar-refractivity contribution in [2.24, 2.45) is 0 Å². The number of nitrogens with one attached hydrogen (secondary N) is 2. The van der Waals surface area contributed by atoms with Gasteiger partial charge in [-0.2, -0.15) is 0 Å². The lowest BCUT2D eigenvalue weighted by molar-refractivity contribution is 0.409. The van der Waals surface area contributed by atoms with Gasteiger partial charge in [-0.25, -0.2) is 4.98 Å². The number of imidazole rings is 1. The van der Waals surface area contributed by atoms with Crippen LogP contribution >= 0.6 is 0 Å². The maximum atomic E-state index is 5.40. The van der Waals surface area contributed by atoms with Crippen LogP contribution in [0.25, 0.3) is 0 Å². The summed E-state index contributed by atoms with van der Waals surface area (Å²) in [5, 5.41) is 3.03. The molecule has 102 valence electrons. The number of aromatic nitrogens is 2. The number of methoxy groups -OCH3 is 1. The summed E-state index contributed by atoms with van der Waals surface area (Å²) in [5.41, 5.74) is 4.71. The number of rotatable bonds is 5. The lowest BCUT2D eigenvalue weighted by Crippen LogP contribution is -1.98. The van der Waals surface area contributed by atoms with Crippen LogP contribution in [0.4, 0.5) is 5.95 Å². The van der Waals surface area contributed by atoms with Crippen LogP contribution < -0.4 is 10.1 Å². The lowest BCUT2D eigenvalue weighted by atomic mass is 10.0. The molecule has 0 aliphatic heterocycles. The summed E-state index contributed by atoms with van der Waals surface area (Å²) in [6.07, 6.45) is 1.84. The minimum atomic E-state index is 0.823. The summed E-state index contributed by atoms with van der Waals surface area (Å²) in [6.45, 7) is 4.15. The maximum Gasteiger partial charge on any atom is 0.200 e. The van der Waals surface area contributed by atoms with E-state index in [9.17, 15) is 0 Å². The van der Waals surface area contributed by atoms with Crippen LogP contribution in [0.3, 0.4) is 0 Å². The van der Waals surface area contributed by atoms with Crippen molar-refractivity contribution in [2.75, 3.05) is 19.5 Å². The van der Waals surface area contributed by atoms with Crippen LogP contribution in [0.2, 0.25) is 0 Å². The minimum absolute atomic E-state index is 0.823. The monoisotopic (exact) mass is 259 g/mol. The molecule has 0 bridgehead atoms. The number of anilines is 1. The fourth-order valence-electron chi connectivity index (χ4n) is 2.21. The van der Waals surface area contributed by atoms with Crippen molar-refractivity contribution >= 4 is 5.95 Å². The van der Waals surface area contributed by atoms with E-state index >= 15 is 0 Å². The van der Waals surface area contributed by atoms with Crippen molar-refractivity contribution < 1.29 is 4.74 Å². The third-order valence-corrected chi connectivity index (χ3v) is 3.29. The van der Waals surface area contributed by atoms with E-state index in [-0.39, 0.29) is 0 Å². The van der Waals surface area contributed by atoms with Gasteiger partial charge in [0, 0.05) is 12.7 Å². The smallest absolute Gasteiger partial charge is 0.200 e. The van der Waals surface area contributed by atoms with Crippen LogP contribution in [0.5, 0.6) is 5.75 Å². The van der Waals surface area contributed by atoms with Crippen LogP contribution in [-0.4, -0.2) is 24.1 Å². The van der Waals surface area contributed by atoms with E-state index in [2.05, 4.69) is 41.3 Å². The molecule has 2 rings (SSSR count). The van der Waals surface area contributed by atoms with Gasteiger partial charge in [-0.05, 0) is 38.3 Å². The molecule has 2 N–H and O–H groups in total. The van der Waals surface area contributed by atoms with E-state index in [0.717, 1.165) is 35.9 Å². The molecule has 1 heterocycles. The van der Waals surface area contributed by atoms with Gasteiger partial charge in [-0.1, -0.05) is 17.7 Å².